The molecule has 6 nitrogen and oxygen atoms in total. The van der Waals surface area contributed by atoms with Gasteiger partial charge in [0.1, 0.15) is 17.2 Å². The van der Waals surface area contributed by atoms with Crippen molar-refractivity contribution in [3.63, 3.8) is 0 Å². The van der Waals surface area contributed by atoms with E-state index in [1.807, 2.05) is 6.92 Å². The zero-order chi connectivity index (χ0) is 14.7. The number of nitro groups is 1. The van der Waals surface area contributed by atoms with E-state index < -0.39 is 4.92 Å². The maximum absolute atomic E-state index is 11.0. The first-order valence-corrected chi connectivity index (χ1v) is 6.00. The lowest BCUT2D eigenvalue weighted by Crippen LogP contribution is -2.08. The third-order valence-corrected chi connectivity index (χ3v) is 2.94. The van der Waals surface area contributed by atoms with Crippen molar-refractivity contribution in [1.82, 2.24) is 0 Å². The van der Waals surface area contributed by atoms with Gasteiger partial charge in [-0.2, -0.15) is 0 Å². The Morgan fingerprint density at radius 3 is 2.30 bits per heavy atom. The largest absolute Gasteiger partial charge is 0.508 e. The minimum atomic E-state index is -0.550. The zero-order valence-corrected chi connectivity index (χ0v) is 10.8. The molecule has 0 aliphatic carbocycles. The number of rotatable bonds is 4. The summed E-state index contributed by atoms with van der Waals surface area (Å²) in [6.45, 7) is 1.85. The highest BCUT2D eigenvalue weighted by atomic mass is 16.6. The molecule has 2 aromatic carbocycles. The van der Waals surface area contributed by atoms with Gasteiger partial charge in [0.25, 0.3) is 5.69 Å². The standard InChI is InChI=1S/C14H14N2O4/c1-9(10-2-4-11(17)5-3-10)15-13-7-6-12(18)8-14(13)16(19)20/h2-9,15,17-18H,1H3. The summed E-state index contributed by atoms with van der Waals surface area (Å²) in [4.78, 5) is 10.4. The predicted octanol–water partition coefficient (Wildman–Crippen LogP) is 3.18. The van der Waals surface area contributed by atoms with E-state index in [0.717, 1.165) is 11.6 Å². The molecule has 2 aromatic rings. The molecule has 2 rings (SSSR count). The number of nitrogens with one attached hydrogen (secondary N) is 1. The van der Waals surface area contributed by atoms with Crippen molar-refractivity contribution in [3.8, 4) is 11.5 Å². The van der Waals surface area contributed by atoms with E-state index in [4.69, 9.17) is 0 Å². The molecule has 0 fully saturated rings. The number of nitro benzene ring substituents is 1. The van der Waals surface area contributed by atoms with Crippen LogP contribution >= 0.6 is 0 Å². The Bertz CT molecular complexity index is 626. The summed E-state index contributed by atoms with van der Waals surface area (Å²) in [5.41, 5.74) is 1.02. The molecular weight excluding hydrogens is 260 g/mol. The van der Waals surface area contributed by atoms with Crippen LogP contribution in [0.5, 0.6) is 11.5 Å². The Labute approximate surface area is 115 Å². The Morgan fingerprint density at radius 2 is 1.70 bits per heavy atom. The summed E-state index contributed by atoms with van der Waals surface area (Å²) in [6, 6.07) is 10.4. The fourth-order valence-electron chi connectivity index (χ4n) is 1.87. The number of aromatic hydroxyl groups is 2. The van der Waals surface area contributed by atoms with Crippen molar-refractivity contribution in [2.24, 2.45) is 0 Å². The lowest BCUT2D eigenvalue weighted by molar-refractivity contribution is -0.384. The summed E-state index contributed by atoms with van der Waals surface area (Å²) in [6.07, 6.45) is 0. The van der Waals surface area contributed by atoms with Crippen molar-refractivity contribution in [1.29, 1.82) is 0 Å². The molecule has 0 saturated heterocycles. The average molecular weight is 274 g/mol. The molecule has 3 N–H and O–H groups in total. The van der Waals surface area contributed by atoms with Crippen LogP contribution in [0.1, 0.15) is 18.5 Å². The van der Waals surface area contributed by atoms with Crippen LogP contribution in [0.3, 0.4) is 0 Å². The van der Waals surface area contributed by atoms with Gasteiger partial charge in [0.2, 0.25) is 0 Å². The van der Waals surface area contributed by atoms with Gasteiger partial charge in [-0.15, -0.1) is 0 Å². The molecule has 0 spiro atoms. The van der Waals surface area contributed by atoms with Gasteiger partial charge in [0.05, 0.1) is 11.0 Å². The Morgan fingerprint density at radius 1 is 1.10 bits per heavy atom. The molecule has 1 atom stereocenters. The molecule has 0 heterocycles. The van der Waals surface area contributed by atoms with E-state index in [-0.39, 0.29) is 23.2 Å². The zero-order valence-electron chi connectivity index (χ0n) is 10.8. The minimum Gasteiger partial charge on any atom is -0.508 e. The fraction of sp³-hybridized carbons (Fsp3) is 0.143. The fourth-order valence-corrected chi connectivity index (χ4v) is 1.87. The van der Waals surface area contributed by atoms with E-state index >= 15 is 0 Å². The molecule has 20 heavy (non-hydrogen) atoms. The molecule has 0 aliphatic rings. The van der Waals surface area contributed by atoms with Crippen molar-refractivity contribution >= 4 is 11.4 Å². The second-order valence-electron chi connectivity index (χ2n) is 4.42. The third kappa shape index (κ3) is 2.97. The quantitative estimate of drug-likeness (QED) is 0.452. The summed E-state index contributed by atoms with van der Waals surface area (Å²) in [7, 11) is 0. The number of anilines is 1. The van der Waals surface area contributed by atoms with E-state index in [9.17, 15) is 20.3 Å². The summed E-state index contributed by atoms with van der Waals surface area (Å²) < 4.78 is 0. The van der Waals surface area contributed by atoms with Crippen molar-refractivity contribution in [2.75, 3.05) is 5.32 Å². The molecule has 1 unspecified atom stereocenters. The van der Waals surface area contributed by atoms with Crippen LogP contribution in [0.4, 0.5) is 11.4 Å². The van der Waals surface area contributed by atoms with Gasteiger partial charge >= 0.3 is 0 Å². The Hall–Kier alpha value is -2.76. The van der Waals surface area contributed by atoms with Crippen LogP contribution in [0.25, 0.3) is 0 Å². The number of hydrogen-bond donors (Lipinski definition) is 3. The van der Waals surface area contributed by atoms with E-state index in [1.165, 1.54) is 12.1 Å². The second kappa shape index (κ2) is 5.48. The van der Waals surface area contributed by atoms with Gasteiger partial charge in [-0.25, -0.2) is 0 Å². The number of benzene rings is 2. The molecule has 0 aromatic heterocycles. The first kappa shape index (κ1) is 13.7. The van der Waals surface area contributed by atoms with Crippen molar-refractivity contribution in [2.45, 2.75) is 13.0 Å². The predicted molar refractivity (Wildman–Crippen MR) is 74.9 cm³/mol. The third-order valence-electron chi connectivity index (χ3n) is 2.94. The second-order valence-corrected chi connectivity index (χ2v) is 4.42. The molecule has 0 bridgehead atoms. The highest BCUT2D eigenvalue weighted by Crippen LogP contribution is 2.31. The monoisotopic (exact) mass is 274 g/mol. The van der Waals surface area contributed by atoms with Crippen LogP contribution in [-0.2, 0) is 0 Å². The lowest BCUT2D eigenvalue weighted by atomic mass is 10.1. The highest BCUT2D eigenvalue weighted by molar-refractivity contribution is 5.64. The number of hydrogen-bond acceptors (Lipinski definition) is 5. The van der Waals surface area contributed by atoms with Gasteiger partial charge in [-0.05, 0) is 36.8 Å². The summed E-state index contributed by atoms with van der Waals surface area (Å²) in [5, 5.41) is 32.5. The highest BCUT2D eigenvalue weighted by Gasteiger charge is 2.16. The SMILES string of the molecule is CC(Nc1ccc(O)cc1[N+](=O)[O-])c1ccc(O)cc1. The molecule has 0 amide bonds. The van der Waals surface area contributed by atoms with Crippen LogP contribution in [-0.4, -0.2) is 15.1 Å². The van der Waals surface area contributed by atoms with Crippen LogP contribution < -0.4 is 5.32 Å². The summed E-state index contributed by atoms with van der Waals surface area (Å²) >= 11 is 0. The normalized spacial score (nSPS) is 11.8. The molecule has 0 radical (unpaired) electrons. The van der Waals surface area contributed by atoms with Crippen LogP contribution in [0.15, 0.2) is 42.5 Å². The molecule has 0 saturated carbocycles. The minimum absolute atomic E-state index is 0.153. The Kier molecular flexibility index (Phi) is 3.74. The molecule has 104 valence electrons. The lowest BCUT2D eigenvalue weighted by Gasteiger charge is -2.16. The van der Waals surface area contributed by atoms with Gasteiger partial charge in [-0.3, -0.25) is 10.1 Å². The average Bonchev–Trinajstić information content (AvgIpc) is 2.41. The van der Waals surface area contributed by atoms with E-state index in [1.54, 1.807) is 24.3 Å². The topological polar surface area (TPSA) is 95.6 Å². The van der Waals surface area contributed by atoms with Gasteiger partial charge in [0, 0.05) is 6.04 Å². The smallest absolute Gasteiger partial charge is 0.296 e. The van der Waals surface area contributed by atoms with Crippen LogP contribution in [0.2, 0.25) is 0 Å². The Balaban J connectivity index is 2.25. The first-order chi connectivity index (χ1) is 9.47. The van der Waals surface area contributed by atoms with Gasteiger partial charge < -0.3 is 15.5 Å². The van der Waals surface area contributed by atoms with E-state index in [2.05, 4.69) is 5.32 Å². The van der Waals surface area contributed by atoms with Crippen molar-refractivity contribution in [3.05, 3.63) is 58.1 Å². The van der Waals surface area contributed by atoms with Crippen molar-refractivity contribution < 1.29 is 15.1 Å². The van der Waals surface area contributed by atoms with Crippen LogP contribution in [0, 0.1) is 10.1 Å². The van der Waals surface area contributed by atoms with E-state index in [0.29, 0.717) is 5.69 Å². The molecule has 6 heteroatoms. The molecule has 0 aliphatic heterocycles. The molecular formula is C14H14N2O4. The van der Waals surface area contributed by atoms with Gasteiger partial charge in [0.15, 0.2) is 0 Å². The maximum Gasteiger partial charge on any atom is 0.296 e. The van der Waals surface area contributed by atoms with Gasteiger partial charge in [-0.1, -0.05) is 12.1 Å². The number of phenolic OH excluding ortho intramolecular Hbond substituents is 2. The maximum atomic E-state index is 11.0. The first-order valence-electron chi connectivity index (χ1n) is 6.00. The number of phenols is 2. The summed E-state index contributed by atoms with van der Waals surface area (Å²) in [5.74, 6) is 0.0103. The number of nitrogens with zero attached hydrogens (tertiary/aromatic N) is 1.